The van der Waals surface area contributed by atoms with Gasteiger partial charge in [-0.05, 0) is 48.8 Å². The molecule has 1 aliphatic carbocycles. The van der Waals surface area contributed by atoms with Crippen molar-refractivity contribution in [1.82, 2.24) is 14.5 Å². The van der Waals surface area contributed by atoms with Crippen molar-refractivity contribution in [3.05, 3.63) is 58.0 Å². The van der Waals surface area contributed by atoms with Crippen molar-refractivity contribution >= 4 is 51.8 Å². The Morgan fingerprint density at radius 1 is 1.17 bits per heavy atom. The van der Waals surface area contributed by atoms with Gasteiger partial charge in [0.25, 0.3) is 5.56 Å². The molecule has 2 heterocycles. The molecule has 2 unspecified atom stereocenters. The van der Waals surface area contributed by atoms with Crippen LogP contribution in [0.4, 0.5) is 4.39 Å². The van der Waals surface area contributed by atoms with Gasteiger partial charge in [0, 0.05) is 30.7 Å². The molecule has 0 amide bonds. The van der Waals surface area contributed by atoms with E-state index in [1.165, 1.54) is 25.3 Å². The van der Waals surface area contributed by atoms with Gasteiger partial charge in [-0.15, -0.1) is 18.5 Å². The third kappa shape index (κ3) is 4.61. The lowest BCUT2D eigenvalue weighted by atomic mass is 9.89. The molecule has 1 aromatic carbocycles. The quantitative estimate of drug-likeness (QED) is 0.233. The van der Waals surface area contributed by atoms with Crippen LogP contribution in [0.15, 0.2) is 35.5 Å². The molecule has 4 nitrogen and oxygen atoms in total. The van der Waals surface area contributed by atoms with E-state index in [1.807, 2.05) is 13.1 Å². The van der Waals surface area contributed by atoms with Crippen molar-refractivity contribution in [2.45, 2.75) is 48.5 Å². The van der Waals surface area contributed by atoms with Crippen LogP contribution in [0, 0.1) is 18.7 Å². The predicted octanol–water partition coefficient (Wildman–Crippen LogP) is 5.78. The second kappa shape index (κ2) is 8.88. The maximum Gasteiger partial charge on any atom is 0.258 e. The molecule has 3 aromatic rings. The highest BCUT2D eigenvalue weighted by molar-refractivity contribution is 14.1. The van der Waals surface area contributed by atoms with Crippen molar-refractivity contribution in [3.63, 3.8) is 0 Å². The van der Waals surface area contributed by atoms with Gasteiger partial charge in [0.2, 0.25) is 0 Å². The zero-order valence-corrected chi connectivity index (χ0v) is 21.3. The van der Waals surface area contributed by atoms with Crippen molar-refractivity contribution in [1.29, 1.82) is 0 Å². The third-order valence-electron chi connectivity index (χ3n) is 5.89. The average molecular weight is 555 g/mol. The predicted molar refractivity (Wildman–Crippen MR) is 136 cm³/mol. The van der Waals surface area contributed by atoms with E-state index in [2.05, 4.69) is 51.0 Å². The zero-order chi connectivity index (χ0) is 21.5. The lowest BCUT2D eigenvalue weighted by Crippen LogP contribution is -2.25. The summed E-state index contributed by atoms with van der Waals surface area (Å²) < 4.78 is 16.5. The molecule has 2 aromatic heterocycles. The zero-order valence-electron chi connectivity index (χ0n) is 16.9. The van der Waals surface area contributed by atoms with E-state index in [9.17, 15) is 4.79 Å². The van der Waals surface area contributed by atoms with Crippen molar-refractivity contribution in [2.24, 2.45) is 5.92 Å². The van der Waals surface area contributed by atoms with Crippen LogP contribution in [0.25, 0.3) is 22.2 Å². The third-order valence-corrected chi connectivity index (χ3v) is 7.18. The number of hydrogen-bond acceptors (Lipinski definition) is 3. The summed E-state index contributed by atoms with van der Waals surface area (Å²) in [6.45, 7) is 2.68. The molecule has 0 spiro atoms. The van der Waals surface area contributed by atoms with E-state index in [-0.39, 0.29) is 8.46 Å². The smallest absolute Gasteiger partial charge is 0.258 e. The van der Waals surface area contributed by atoms with Crippen LogP contribution in [-0.4, -0.2) is 14.5 Å². The van der Waals surface area contributed by atoms with Gasteiger partial charge in [0.15, 0.2) is 5.82 Å². The fourth-order valence-electron chi connectivity index (χ4n) is 4.21. The number of benzene rings is 1. The van der Waals surface area contributed by atoms with Crippen molar-refractivity contribution in [3.8, 4) is 11.4 Å². The van der Waals surface area contributed by atoms with Crippen LogP contribution in [0.1, 0.15) is 43.2 Å². The van der Waals surface area contributed by atoms with E-state index < -0.39 is 5.82 Å². The van der Waals surface area contributed by atoms with Gasteiger partial charge < -0.3 is 4.57 Å². The molecule has 0 saturated heterocycles. The molecule has 0 radical (unpaired) electrons. The van der Waals surface area contributed by atoms with Gasteiger partial charge in [-0.25, -0.2) is 14.4 Å². The van der Waals surface area contributed by atoms with E-state index in [1.54, 1.807) is 23.0 Å². The van der Waals surface area contributed by atoms with Crippen LogP contribution >= 0.6 is 41.1 Å². The molecule has 2 atom stereocenters. The van der Waals surface area contributed by atoms with Crippen LogP contribution in [-0.2, 0) is 9.45 Å². The van der Waals surface area contributed by atoms with Crippen LogP contribution in [0.2, 0.25) is 0 Å². The summed E-state index contributed by atoms with van der Waals surface area (Å²) in [6.07, 6.45) is 11.4. The SMILES string of the molecule is Cc1cn(CC2CCCCC2)c(=O)c2cc(F)c(-c3ncc(C(P)(P)I)cn3)cc12. The Morgan fingerprint density at radius 2 is 1.83 bits per heavy atom. The number of halogens is 2. The second-order valence-corrected chi connectivity index (χ2v) is 14.8. The Bertz CT molecular complexity index is 1140. The van der Waals surface area contributed by atoms with Gasteiger partial charge in [-0.1, -0.05) is 41.9 Å². The largest absolute Gasteiger partial charge is 0.314 e. The minimum absolute atomic E-state index is 0.122. The highest BCUT2D eigenvalue weighted by atomic mass is 127. The number of alkyl halides is 1. The summed E-state index contributed by atoms with van der Waals surface area (Å²) in [4.78, 5) is 21.8. The van der Waals surface area contributed by atoms with E-state index in [4.69, 9.17) is 0 Å². The summed E-state index contributed by atoms with van der Waals surface area (Å²) >= 11 is 2.25. The number of aromatic nitrogens is 3. The fraction of sp³-hybridized carbons (Fsp3) is 0.409. The van der Waals surface area contributed by atoms with Crippen molar-refractivity contribution < 1.29 is 4.39 Å². The molecule has 1 aliphatic rings. The second-order valence-electron chi connectivity index (χ2n) is 8.21. The summed E-state index contributed by atoms with van der Waals surface area (Å²) in [5.41, 5.74) is 2.06. The molecular weight excluding hydrogens is 530 g/mol. The molecule has 4 rings (SSSR count). The number of fused-ring (bicyclic) bond motifs is 1. The molecular formula is C22H25FIN3OP2. The molecule has 158 valence electrons. The summed E-state index contributed by atoms with van der Waals surface area (Å²) in [5, 5.41) is 1.18. The lowest BCUT2D eigenvalue weighted by molar-refractivity contribution is 0.316. The van der Waals surface area contributed by atoms with Crippen LogP contribution in [0.3, 0.4) is 0 Å². The molecule has 1 fully saturated rings. The number of pyridine rings is 1. The molecule has 1 saturated carbocycles. The van der Waals surface area contributed by atoms with Gasteiger partial charge in [0.1, 0.15) is 5.82 Å². The molecule has 0 aliphatic heterocycles. The summed E-state index contributed by atoms with van der Waals surface area (Å²) in [6, 6.07) is 3.06. The Balaban J connectivity index is 1.74. The van der Waals surface area contributed by atoms with E-state index in [0.717, 1.165) is 29.4 Å². The monoisotopic (exact) mass is 555 g/mol. The van der Waals surface area contributed by atoms with Gasteiger partial charge in [0.05, 0.1) is 13.9 Å². The average Bonchev–Trinajstić information content (AvgIpc) is 2.72. The van der Waals surface area contributed by atoms with Gasteiger partial charge in [-0.3, -0.25) is 4.79 Å². The molecule has 30 heavy (non-hydrogen) atoms. The Labute approximate surface area is 194 Å². The standard InChI is InChI=1S/C22H25FIN3OP2/c1-13-11-27(12-14-5-3-2-4-6-14)21(28)17-8-19(23)18(7-16(13)17)20-25-9-15(10-26-20)22(24,29)30/h7-11,14H,2-6,12,29-30H2,1H3. The topological polar surface area (TPSA) is 47.8 Å². The Morgan fingerprint density at radius 3 is 2.47 bits per heavy atom. The first-order valence-electron chi connectivity index (χ1n) is 10.2. The maximum atomic E-state index is 15.0. The van der Waals surface area contributed by atoms with E-state index in [0.29, 0.717) is 29.2 Å². The highest BCUT2D eigenvalue weighted by Gasteiger charge is 2.20. The lowest BCUT2D eigenvalue weighted by Gasteiger charge is -2.23. The fourth-order valence-corrected chi connectivity index (χ4v) is 4.79. The van der Waals surface area contributed by atoms with Gasteiger partial charge >= 0.3 is 0 Å². The minimum atomic E-state index is -0.473. The number of hydrogen-bond donors (Lipinski definition) is 0. The van der Waals surface area contributed by atoms with Gasteiger partial charge in [-0.2, -0.15) is 0 Å². The first kappa shape index (κ1) is 22.2. The van der Waals surface area contributed by atoms with Crippen molar-refractivity contribution in [2.75, 3.05) is 0 Å². The minimum Gasteiger partial charge on any atom is -0.314 e. The first-order valence-corrected chi connectivity index (χ1v) is 12.4. The normalized spacial score (nSPS) is 15.6. The summed E-state index contributed by atoms with van der Waals surface area (Å²) in [7, 11) is 5.40. The Hall–Kier alpha value is -0.970. The van der Waals surface area contributed by atoms with Crippen LogP contribution < -0.4 is 5.56 Å². The summed E-state index contributed by atoms with van der Waals surface area (Å²) in [5.74, 6) is 0.377. The first-order chi connectivity index (χ1) is 14.2. The number of nitrogens with zero attached hydrogens (tertiary/aromatic N) is 3. The Kier molecular flexibility index (Phi) is 6.58. The number of aryl methyl sites for hydroxylation is 1. The van der Waals surface area contributed by atoms with E-state index >= 15 is 4.39 Å². The highest BCUT2D eigenvalue weighted by Crippen LogP contribution is 2.44. The number of rotatable bonds is 4. The molecule has 8 heteroatoms. The maximum absolute atomic E-state index is 15.0. The van der Waals surface area contributed by atoms with Crippen LogP contribution in [0.5, 0.6) is 0 Å². The molecule has 0 N–H and O–H groups in total. The molecule has 0 bridgehead atoms.